The highest BCUT2D eigenvalue weighted by atomic mass is 35.5. The smallest absolute Gasteiger partial charge is 0.260 e. The fourth-order valence-corrected chi connectivity index (χ4v) is 3.30. The van der Waals surface area contributed by atoms with Crippen molar-refractivity contribution in [3.8, 4) is 17.2 Å². The summed E-state index contributed by atoms with van der Waals surface area (Å²) in [5.74, 6) is 1.04. The van der Waals surface area contributed by atoms with Crippen molar-refractivity contribution in [1.29, 1.82) is 0 Å². The lowest BCUT2D eigenvalue weighted by Crippen LogP contribution is -2.50. The summed E-state index contributed by atoms with van der Waals surface area (Å²) in [7, 11) is 0. The normalized spacial score (nSPS) is 14.2. The summed E-state index contributed by atoms with van der Waals surface area (Å²) in [5, 5.41) is 8.22. The van der Waals surface area contributed by atoms with Crippen LogP contribution < -0.4 is 9.64 Å². The predicted octanol–water partition coefficient (Wildman–Crippen LogP) is 3.12. The van der Waals surface area contributed by atoms with Crippen LogP contribution in [0.15, 0.2) is 59.3 Å². The minimum atomic E-state index is -0.0216. The monoisotopic (exact) mass is 398 g/mol. The van der Waals surface area contributed by atoms with Gasteiger partial charge in [-0.25, -0.2) is 0 Å². The Morgan fingerprint density at radius 3 is 2.57 bits per heavy atom. The molecule has 0 atom stereocenters. The van der Waals surface area contributed by atoms with E-state index in [0.717, 1.165) is 29.4 Å². The average Bonchev–Trinajstić information content (AvgIpc) is 3.27. The summed E-state index contributed by atoms with van der Waals surface area (Å²) in [6.45, 7) is 2.86. The minimum Gasteiger partial charge on any atom is -0.484 e. The number of rotatable bonds is 5. The molecule has 4 rings (SSSR count). The second kappa shape index (κ2) is 8.31. The summed E-state index contributed by atoms with van der Waals surface area (Å²) >= 11 is 6.06. The molecule has 8 heteroatoms. The van der Waals surface area contributed by atoms with Crippen LogP contribution in [0.4, 0.5) is 5.69 Å². The van der Waals surface area contributed by atoms with Crippen molar-refractivity contribution >= 4 is 23.2 Å². The van der Waals surface area contributed by atoms with E-state index in [2.05, 4.69) is 15.1 Å². The van der Waals surface area contributed by atoms with Crippen LogP contribution >= 0.6 is 11.6 Å². The second-order valence-corrected chi connectivity index (χ2v) is 6.84. The van der Waals surface area contributed by atoms with Gasteiger partial charge in [-0.1, -0.05) is 17.7 Å². The molecular weight excluding hydrogens is 380 g/mol. The highest BCUT2D eigenvalue weighted by Gasteiger charge is 2.21. The Hall–Kier alpha value is -3.06. The summed E-state index contributed by atoms with van der Waals surface area (Å²) in [5.41, 5.74) is 1.88. The van der Waals surface area contributed by atoms with Gasteiger partial charge in [-0.15, -0.1) is 10.2 Å². The van der Waals surface area contributed by atoms with Gasteiger partial charge in [0, 0.05) is 42.5 Å². The van der Waals surface area contributed by atoms with E-state index in [4.69, 9.17) is 20.8 Å². The molecule has 28 heavy (non-hydrogen) atoms. The van der Waals surface area contributed by atoms with Crippen molar-refractivity contribution in [2.45, 2.75) is 0 Å². The molecule has 0 radical (unpaired) electrons. The molecule has 1 aliphatic heterocycles. The molecule has 0 spiro atoms. The first-order valence-electron chi connectivity index (χ1n) is 8.97. The zero-order valence-electron chi connectivity index (χ0n) is 15.1. The van der Waals surface area contributed by atoms with Crippen LogP contribution in [-0.4, -0.2) is 53.8 Å². The van der Waals surface area contributed by atoms with Crippen LogP contribution in [0.2, 0.25) is 5.02 Å². The zero-order valence-corrected chi connectivity index (χ0v) is 15.9. The molecule has 0 unspecified atom stereocenters. The highest BCUT2D eigenvalue weighted by Crippen LogP contribution is 2.22. The van der Waals surface area contributed by atoms with Crippen LogP contribution in [0, 0.1) is 0 Å². The Kier molecular flexibility index (Phi) is 5.43. The predicted molar refractivity (Wildman–Crippen MR) is 105 cm³/mol. The van der Waals surface area contributed by atoms with Gasteiger partial charge in [-0.2, -0.15) is 0 Å². The summed E-state index contributed by atoms with van der Waals surface area (Å²) in [6, 6.07) is 15.0. The topological polar surface area (TPSA) is 71.7 Å². The number of carbonyl (C=O) groups is 1. The van der Waals surface area contributed by atoms with Crippen LogP contribution in [0.1, 0.15) is 0 Å². The maximum Gasteiger partial charge on any atom is 0.260 e. The number of nitrogens with zero attached hydrogens (tertiary/aromatic N) is 4. The van der Waals surface area contributed by atoms with Gasteiger partial charge in [-0.3, -0.25) is 4.79 Å². The van der Waals surface area contributed by atoms with Crippen molar-refractivity contribution < 1.29 is 13.9 Å². The molecule has 1 amide bonds. The Morgan fingerprint density at radius 1 is 1.11 bits per heavy atom. The number of benzene rings is 2. The molecule has 1 aromatic heterocycles. The van der Waals surface area contributed by atoms with Crippen LogP contribution in [-0.2, 0) is 4.79 Å². The lowest BCUT2D eigenvalue weighted by Gasteiger charge is -2.36. The molecule has 1 aliphatic rings. The van der Waals surface area contributed by atoms with Crippen molar-refractivity contribution in [2.24, 2.45) is 0 Å². The van der Waals surface area contributed by atoms with Gasteiger partial charge in [0.15, 0.2) is 6.61 Å². The summed E-state index contributed by atoms with van der Waals surface area (Å²) in [6.07, 6.45) is 1.28. The largest absolute Gasteiger partial charge is 0.484 e. The van der Waals surface area contributed by atoms with E-state index in [-0.39, 0.29) is 12.5 Å². The lowest BCUT2D eigenvalue weighted by atomic mass is 10.2. The van der Waals surface area contributed by atoms with Gasteiger partial charge in [0.1, 0.15) is 5.75 Å². The molecule has 3 aromatic rings. The Labute approximate surface area is 167 Å². The van der Waals surface area contributed by atoms with Gasteiger partial charge in [0.25, 0.3) is 5.91 Å². The maximum atomic E-state index is 12.5. The van der Waals surface area contributed by atoms with Gasteiger partial charge < -0.3 is 19.0 Å². The number of piperazine rings is 1. The zero-order chi connectivity index (χ0) is 19.3. The Balaban J connectivity index is 1.27. The fraction of sp³-hybridized carbons (Fsp3) is 0.250. The molecule has 1 saturated heterocycles. The van der Waals surface area contributed by atoms with E-state index >= 15 is 0 Å². The summed E-state index contributed by atoms with van der Waals surface area (Å²) < 4.78 is 10.8. The number of amides is 1. The van der Waals surface area contributed by atoms with E-state index in [1.54, 1.807) is 12.1 Å². The maximum absolute atomic E-state index is 12.5. The SMILES string of the molecule is O=C(COc1ccc(-c2nnco2)cc1)N1CCN(c2cccc(Cl)c2)CC1. The van der Waals surface area contributed by atoms with Gasteiger partial charge >= 0.3 is 0 Å². The van der Waals surface area contributed by atoms with Crippen LogP contribution in [0.5, 0.6) is 5.75 Å². The first kappa shape index (κ1) is 18.3. The van der Waals surface area contributed by atoms with E-state index in [1.165, 1.54) is 6.39 Å². The van der Waals surface area contributed by atoms with Crippen molar-refractivity contribution in [1.82, 2.24) is 15.1 Å². The standard InChI is InChI=1S/C20H19ClN4O3/c21-16-2-1-3-17(12-16)24-8-10-25(11-9-24)19(26)13-27-18-6-4-15(5-7-18)20-23-22-14-28-20/h1-7,12,14H,8-11,13H2. The molecular formula is C20H19ClN4O3. The quantitative estimate of drug-likeness (QED) is 0.657. The van der Waals surface area contributed by atoms with Crippen LogP contribution in [0.25, 0.3) is 11.5 Å². The molecule has 0 aliphatic carbocycles. The number of aromatic nitrogens is 2. The first-order valence-corrected chi connectivity index (χ1v) is 9.34. The number of hydrogen-bond donors (Lipinski definition) is 0. The molecule has 0 saturated carbocycles. The molecule has 1 fully saturated rings. The fourth-order valence-electron chi connectivity index (χ4n) is 3.12. The number of ether oxygens (including phenoxy) is 1. The molecule has 144 valence electrons. The first-order chi connectivity index (χ1) is 13.7. The third-order valence-electron chi connectivity index (χ3n) is 4.63. The number of carbonyl (C=O) groups excluding carboxylic acids is 1. The van der Waals surface area contributed by atoms with Crippen LogP contribution in [0.3, 0.4) is 0 Å². The molecule has 2 aromatic carbocycles. The molecule has 2 heterocycles. The lowest BCUT2D eigenvalue weighted by molar-refractivity contribution is -0.133. The van der Waals surface area contributed by atoms with Gasteiger partial charge in [0.05, 0.1) is 0 Å². The van der Waals surface area contributed by atoms with E-state index in [0.29, 0.717) is 24.7 Å². The molecule has 0 N–H and O–H groups in total. The Morgan fingerprint density at radius 2 is 1.89 bits per heavy atom. The number of hydrogen-bond acceptors (Lipinski definition) is 6. The molecule has 7 nitrogen and oxygen atoms in total. The molecule has 0 bridgehead atoms. The number of anilines is 1. The average molecular weight is 399 g/mol. The van der Waals surface area contributed by atoms with Crippen molar-refractivity contribution in [3.63, 3.8) is 0 Å². The number of halogens is 1. The van der Waals surface area contributed by atoms with Crippen molar-refractivity contribution in [3.05, 3.63) is 59.9 Å². The third-order valence-corrected chi connectivity index (χ3v) is 4.86. The van der Waals surface area contributed by atoms with E-state index in [9.17, 15) is 4.79 Å². The van der Waals surface area contributed by atoms with Gasteiger partial charge in [-0.05, 0) is 42.5 Å². The van der Waals surface area contributed by atoms with E-state index in [1.807, 2.05) is 41.3 Å². The Bertz CT molecular complexity index is 923. The minimum absolute atomic E-state index is 0.0110. The highest BCUT2D eigenvalue weighted by molar-refractivity contribution is 6.30. The third kappa shape index (κ3) is 4.26. The van der Waals surface area contributed by atoms with Gasteiger partial charge in [0.2, 0.25) is 12.3 Å². The van der Waals surface area contributed by atoms with Crippen molar-refractivity contribution in [2.75, 3.05) is 37.7 Å². The second-order valence-electron chi connectivity index (χ2n) is 6.40. The van der Waals surface area contributed by atoms with E-state index < -0.39 is 0 Å². The summed E-state index contributed by atoms with van der Waals surface area (Å²) in [4.78, 5) is 16.5.